The lowest BCUT2D eigenvalue weighted by atomic mass is 10.1. The van der Waals surface area contributed by atoms with Gasteiger partial charge >= 0.3 is 0 Å². The average molecular weight is 276 g/mol. The van der Waals surface area contributed by atoms with Crippen LogP contribution in [0.25, 0.3) is 0 Å². The van der Waals surface area contributed by atoms with E-state index < -0.39 is 31.1 Å². The highest BCUT2D eigenvalue weighted by molar-refractivity contribution is 8.13. The van der Waals surface area contributed by atoms with Crippen molar-refractivity contribution >= 4 is 25.4 Å². The van der Waals surface area contributed by atoms with Gasteiger partial charge in [0.1, 0.15) is 11.0 Å². The number of nitro groups is 1. The molecule has 0 bridgehead atoms. The summed E-state index contributed by atoms with van der Waals surface area (Å²) in [6.07, 6.45) is 0. The largest absolute Gasteiger partial charge is 0.326 e. The summed E-state index contributed by atoms with van der Waals surface area (Å²) in [4.78, 5) is 9.31. The Morgan fingerprint density at radius 3 is 2.47 bits per heavy atom. The zero-order chi connectivity index (χ0) is 13.2. The van der Waals surface area contributed by atoms with E-state index in [9.17, 15) is 18.5 Å². The maximum Gasteiger partial charge on any atom is 0.275 e. The summed E-state index contributed by atoms with van der Waals surface area (Å²) in [7, 11) is 0.867. The van der Waals surface area contributed by atoms with E-state index in [1.165, 1.54) is 0 Å². The van der Waals surface area contributed by atoms with Crippen LogP contribution in [-0.4, -0.2) is 13.3 Å². The van der Waals surface area contributed by atoms with Gasteiger partial charge in [-0.15, -0.1) is 0 Å². The van der Waals surface area contributed by atoms with E-state index in [4.69, 9.17) is 21.7 Å². The number of nitro benzene ring substituents is 1. The van der Waals surface area contributed by atoms with Gasteiger partial charge in [-0.3, -0.25) is 10.1 Å². The summed E-state index contributed by atoms with van der Waals surface area (Å²) in [6.45, 7) is -0.410. The Kier molecular flexibility index (Phi) is 3.67. The van der Waals surface area contributed by atoms with E-state index >= 15 is 0 Å². The van der Waals surface area contributed by atoms with Gasteiger partial charge in [0, 0.05) is 23.3 Å². The van der Waals surface area contributed by atoms with Gasteiger partial charge in [0.2, 0.25) is 0 Å². The highest BCUT2D eigenvalue weighted by Gasteiger charge is 2.27. The molecule has 0 aliphatic carbocycles. The Bertz CT molecular complexity index is 620. The van der Waals surface area contributed by atoms with Gasteiger partial charge in [-0.05, 0) is 6.07 Å². The van der Waals surface area contributed by atoms with Gasteiger partial charge in [-0.1, -0.05) is 0 Å². The fourth-order valence-electron chi connectivity index (χ4n) is 1.35. The summed E-state index contributed by atoms with van der Waals surface area (Å²) < 4.78 is 22.6. The maximum atomic E-state index is 11.3. The van der Waals surface area contributed by atoms with Crippen LogP contribution in [0.3, 0.4) is 0 Å². The number of hydrogen-bond donors (Lipinski definition) is 1. The van der Waals surface area contributed by atoms with Crippen LogP contribution in [0.2, 0.25) is 0 Å². The van der Waals surface area contributed by atoms with Gasteiger partial charge in [-0.25, -0.2) is 8.42 Å². The number of nitrogens with zero attached hydrogens (tertiary/aromatic N) is 2. The van der Waals surface area contributed by atoms with E-state index in [2.05, 4.69) is 0 Å². The van der Waals surface area contributed by atoms with Crippen LogP contribution in [0, 0.1) is 21.4 Å². The van der Waals surface area contributed by atoms with Crippen molar-refractivity contribution in [1.29, 1.82) is 5.26 Å². The van der Waals surface area contributed by atoms with Gasteiger partial charge in [-0.2, -0.15) is 5.26 Å². The first-order valence-corrected chi connectivity index (χ1v) is 6.49. The Labute approximate surface area is 101 Å². The maximum absolute atomic E-state index is 11.3. The highest BCUT2D eigenvalue weighted by atomic mass is 35.7. The van der Waals surface area contributed by atoms with E-state index in [0.29, 0.717) is 0 Å². The molecule has 1 aromatic carbocycles. The minimum Gasteiger partial charge on any atom is -0.326 e. The third-order valence-electron chi connectivity index (χ3n) is 2.00. The zero-order valence-electron chi connectivity index (χ0n) is 8.25. The minimum atomic E-state index is -4.28. The lowest BCUT2D eigenvalue weighted by molar-refractivity contribution is -0.385. The third kappa shape index (κ3) is 2.52. The summed E-state index contributed by atoms with van der Waals surface area (Å²) in [5, 5.41) is 19.4. The molecular formula is C8H6ClN3O4S. The summed E-state index contributed by atoms with van der Waals surface area (Å²) >= 11 is 0. The van der Waals surface area contributed by atoms with Crippen molar-refractivity contribution in [3.63, 3.8) is 0 Å². The van der Waals surface area contributed by atoms with Gasteiger partial charge in [0.25, 0.3) is 14.7 Å². The monoisotopic (exact) mass is 275 g/mol. The zero-order valence-corrected chi connectivity index (χ0v) is 9.83. The van der Waals surface area contributed by atoms with Crippen molar-refractivity contribution in [2.45, 2.75) is 11.4 Å². The van der Waals surface area contributed by atoms with Crippen LogP contribution in [-0.2, 0) is 15.6 Å². The summed E-state index contributed by atoms with van der Waals surface area (Å²) in [5.74, 6) is 0. The molecule has 9 heteroatoms. The second-order valence-electron chi connectivity index (χ2n) is 2.95. The van der Waals surface area contributed by atoms with Gasteiger partial charge in [0.05, 0.1) is 16.1 Å². The van der Waals surface area contributed by atoms with Crippen LogP contribution in [0.1, 0.15) is 11.1 Å². The van der Waals surface area contributed by atoms with E-state index in [1.807, 2.05) is 0 Å². The predicted octanol–water partition coefficient (Wildman–Crippen LogP) is 0.853. The minimum absolute atomic E-state index is 0.272. The van der Waals surface area contributed by atoms with Crippen molar-refractivity contribution < 1.29 is 13.3 Å². The van der Waals surface area contributed by atoms with Crippen LogP contribution >= 0.6 is 10.7 Å². The highest BCUT2D eigenvalue weighted by Crippen LogP contribution is 2.30. The molecule has 2 N–H and O–H groups in total. The fraction of sp³-hybridized carbons (Fsp3) is 0.125. The molecule has 0 saturated heterocycles. The number of benzene rings is 1. The second kappa shape index (κ2) is 4.67. The molecule has 90 valence electrons. The molecule has 0 radical (unpaired) electrons. The Morgan fingerprint density at radius 1 is 1.53 bits per heavy atom. The van der Waals surface area contributed by atoms with Crippen LogP contribution in [0.15, 0.2) is 17.0 Å². The van der Waals surface area contributed by atoms with Crippen molar-refractivity contribution in [3.8, 4) is 6.07 Å². The number of nitriles is 1. The van der Waals surface area contributed by atoms with E-state index in [-0.39, 0.29) is 11.1 Å². The molecule has 1 rings (SSSR count). The molecule has 1 aromatic rings. The number of halogens is 1. The van der Waals surface area contributed by atoms with E-state index in [0.717, 1.165) is 12.1 Å². The molecule has 0 saturated carbocycles. The van der Waals surface area contributed by atoms with Crippen molar-refractivity contribution in [2.75, 3.05) is 0 Å². The SMILES string of the molecule is N#Cc1ccc([N+](=O)[O-])c(CN)c1S(=O)(=O)Cl. The van der Waals surface area contributed by atoms with Crippen LogP contribution < -0.4 is 5.73 Å². The standard InChI is InChI=1S/C8H6ClN3O4S/c9-17(15,16)8-5(3-10)1-2-7(12(13)14)6(8)4-11/h1-2H,4,11H2. The van der Waals surface area contributed by atoms with E-state index in [1.54, 1.807) is 6.07 Å². The third-order valence-corrected chi connectivity index (χ3v) is 3.42. The molecule has 0 spiro atoms. The molecular weight excluding hydrogens is 270 g/mol. The Balaban J connectivity index is 3.82. The molecule has 0 aliphatic heterocycles. The molecule has 17 heavy (non-hydrogen) atoms. The molecule has 0 aromatic heterocycles. The Morgan fingerprint density at radius 2 is 2.12 bits per heavy atom. The lowest BCUT2D eigenvalue weighted by Crippen LogP contribution is -2.09. The molecule has 7 nitrogen and oxygen atoms in total. The van der Waals surface area contributed by atoms with Crippen LogP contribution in [0.5, 0.6) is 0 Å². The first kappa shape index (κ1) is 13.4. The van der Waals surface area contributed by atoms with Gasteiger partial charge in [0.15, 0.2) is 0 Å². The second-order valence-corrected chi connectivity index (χ2v) is 5.45. The normalized spacial score (nSPS) is 10.9. The smallest absolute Gasteiger partial charge is 0.275 e. The molecule has 0 atom stereocenters. The fourth-order valence-corrected chi connectivity index (χ4v) is 2.74. The predicted molar refractivity (Wildman–Crippen MR) is 58.7 cm³/mol. The van der Waals surface area contributed by atoms with Crippen LogP contribution in [0.4, 0.5) is 5.69 Å². The number of hydrogen-bond acceptors (Lipinski definition) is 6. The first-order valence-electron chi connectivity index (χ1n) is 4.18. The van der Waals surface area contributed by atoms with Crippen molar-refractivity contribution in [1.82, 2.24) is 0 Å². The summed E-state index contributed by atoms with van der Waals surface area (Å²) in [6, 6.07) is 3.64. The van der Waals surface area contributed by atoms with Gasteiger partial charge < -0.3 is 5.73 Å². The average Bonchev–Trinajstić information content (AvgIpc) is 2.25. The molecule has 0 unspecified atom stereocenters. The number of rotatable bonds is 3. The first-order chi connectivity index (χ1) is 7.82. The van der Waals surface area contributed by atoms with Crippen molar-refractivity contribution in [3.05, 3.63) is 33.4 Å². The van der Waals surface area contributed by atoms with Crippen molar-refractivity contribution in [2.24, 2.45) is 5.73 Å². The molecule has 0 fully saturated rings. The topological polar surface area (TPSA) is 127 Å². The molecule has 0 heterocycles. The Hall–Kier alpha value is -1.69. The summed E-state index contributed by atoms with van der Waals surface area (Å²) in [5.41, 5.74) is 4.25. The molecule has 0 amide bonds. The number of nitrogens with two attached hydrogens (primary N) is 1. The quantitative estimate of drug-likeness (QED) is 0.495. The molecule has 0 aliphatic rings. The lowest BCUT2D eigenvalue weighted by Gasteiger charge is -2.06.